The van der Waals surface area contributed by atoms with Gasteiger partial charge in [-0.05, 0) is 37.0 Å². The summed E-state index contributed by atoms with van der Waals surface area (Å²) in [5, 5.41) is 0. The van der Waals surface area contributed by atoms with Crippen LogP contribution in [0.4, 0.5) is 0 Å². The highest BCUT2D eigenvalue weighted by Crippen LogP contribution is 2.53. The van der Waals surface area contributed by atoms with Crippen molar-refractivity contribution in [2.75, 3.05) is 32.7 Å². The summed E-state index contributed by atoms with van der Waals surface area (Å²) in [6.07, 6.45) is 5.44. The molecule has 4 atom stereocenters. The maximum Gasteiger partial charge on any atom is 0.311 e. The molecule has 5 rings (SSSR count). The molecular formula is C26H32N2O3. The van der Waals surface area contributed by atoms with Gasteiger partial charge in [-0.1, -0.05) is 43.3 Å². The highest BCUT2D eigenvalue weighted by molar-refractivity contribution is 6.05. The molecule has 5 nitrogen and oxygen atoms in total. The average molecular weight is 421 g/mol. The first-order valence-electron chi connectivity index (χ1n) is 11.6. The molecule has 2 saturated heterocycles. The number of ketones is 1. The van der Waals surface area contributed by atoms with Crippen LogP contribution in [-0.2, 0) is 20.9 Å². The molecule has 4 aliphatic rings. The SMILES string of the molecule is CC1=C2[C@H]3OC(=O)[C@H](CN4CCN(Cc5ccccc5)CC4)[C@@H]3CC[C@]2(C)C=CC1=O. The van der Waals surface area contributed by atoms with Gasteiger partial charge in [0.15, 0.2) is 5.78 Å². The van der Waals surface area contributed by atoms with Gasteiger partial charge in [0.25, 0.3) is 0 Å². The van der Waals surface area contributed by atoms with E-state index in [0.29, 0.717) is 0 Å². The molecule has 0 radical (unpaired) electrons. The van der Waals surface area contributed by atoms with Gasteiger partial charge in [-0.25, -0.2) is 0 Å². The molecule has 0 aromatic heterocycles. The number of carbonyl (C=O) groups excluding carboxylic acids is 2. The number of benzene rings is 1. The average Bonchev–Trinajstić information content (AvgIpc) is 3.08. The first-order valence-corrected chi connectivity index (χ1v) is 11.6. The van der Waals surface area contributed by atoms with E-state index in [0.717, 1.165) is 63.3 Å². The first-order chi connectivity index (χ1) is 14.9. The quantitative estimate of drug-likeness (QED) is 0.700. The van der Waals surface area contributed by atoms with Crippen LogP contribution in [0.25, 0.3) is 0 Å². The lowest BCUT2D eigenvalue weighted by Gasteiger charge is -2.43. The van der Waals surface area contributed by atoms with Crippen LogP contribution < -0.4 is 0 Å². The van der Waals surface area contributed by atoms with Crippen LogP contribution in [0.1, 0.15) is 32.3 Å². The Kier molecular flexibility index (Phi) is 5.35. The van der Waals surface area contributed by atoms with E-state index in [4.69, 9.17) is 4.74 Å². The summed E-state index contributed by atoms with van der Waals surface area (Å²) in [6, 6.07) is 10.6. The Morgan fingerprint density at radius 2 is 1.77 bits per heavy atom. The number of rotatable bonds is 4. The molecule has 2 aliphatic heterocycles. The number of carbonyl (C=O) groups is 2. The molecule has 2 heterocycles. The van der Waals surface area contributed by atoms with E-state index >= 15 is 0 Å². The zero-order valence-corrected chi connectivity index (χ0v) is 18.5. The van der Waals surface area contributed by atoms with E-state index in [1.165, 1.54) is 5.56 Å². The molecule has 164 valence electrons. The van der Waals surface area contributed by atoms with Gasteiger partial charge in [0, 0.05) is 56.2 Å². The summed E-state index contributed by atoms with van der Waals surface area (Å²) in [5.74, 6) is 0.0825. The molecule has 3 fully saturated rings. The highest BCUT2D eigenvalue weighted by Gasteiger charge is 2.54. The molecule has 0 N–H and O–H groups in total. The second kappa shape index (κ2) is 8.03. The number of nitrogens with zero attached hydrogens (tertiary/aromatic N) is 2. The molecule has 31 heavy (non-hydrogen) atoms. The third kappa shape index (κ3) is 3.79. The van der Waals surface area contributed by atoms with Crippen LogP contribution in [0.15, 0.2) is 53.6 Å². The molecule has 1 aromatic rings. The summed E-state index contributed by atoms with van der Waals surface area (Å²) < 4.78 is 5.95. The van der Waals surface area contributed by atoms with Gasteiger partial charge in [-0.3, -0.25) is 19.4 Å². The largest absolute Gasteiger partial charge is 0.457 e. The maximum absolute atomic E-state index is 12.9. The molecular weight excluding hydrogens is 388 g/mol. The van der Waals surface area contributed by atoms with E-state index in [1.54, 1.807) is 6.08 Å². The fraction of sp³-hybridized carbons (Fsp3) is 0.538. The van der Waals surface area contributed by atoms with Crippen molar-refractivity contribution in [3.63, 3.8) is 0 Å². The molecule has 0 bridgehead atoms. The number of esters is 1. The van der Waals surface area contributed by atoms with Gasteiger partial charge in [0.05, 0.1) is 5.92 Å². The lowest BCUT2D eigenvalue weighted by atomic mass is 9.61. The zero-order chi connectivity index (χ0) is 21.6. The van der Waals surface area contributed by atoms with Crippen LogP contribution in [0, 0.1) is 17.3 Å². The topological polar surface area (TPSA) is 49.9 Å². The Balaban J connectivity index is 1.23. The third-order valence-corrected chi connectivity index (χ3v) is 7.89. The number of fused-ring (bicyclic) bond motifs is 3. The molecule has 0 spiro atoms. The monoisotopic (exact) mass is 420 g/mol. The summed E-state index contributed by atoms with van der Waals surface area (Å²) >= 11 is 0. The first kappa shape index (κ1) is 20.7. The van der Waals surface area contributed by atoms with Crippen LogP contribution in [0.2, 0.25) is 0 Å². The second-order valence-corrected chi connectivity index (χ2v) is 9.88. The van der Waals surface area contributed by atoms with Crippen molar-refractivity contribution in [2.45, 2.75) is 39.3 Å². The highest BCUT2D eigenvalue weighted by atomic mass is 16.6. The van der Waals surface area contributed by atoms with Crippen molar-refractivity contribution < 1.29 is 14.3 Å². The van der Waals surface area contributed by atoms with Crippen LogP contribution >= 0.6 is 0 Å². The predicted molar refractivity (Wildman–Crippen MR) is 119 cm³/mol. The minimum Gasteiger partial charge on any atom is -0.457 e. The van der Waals surface area contributed by atoms with Crippen LogP contribution in [-0.4, -0.2) is 60.4 Å². The molecule has 5 heteroatoms. The standard InChI is InChI=1S/C26H32N2O3/c1-18-22(29)9-11-26(2)10-8-20-21(25(30)31-24(20)23(18)26)17-28-14-12-27(13-15-28)16-19-6-4-3-5-7-19/h3-7,9,11,20-21,24H,8,10,12-17H2,1-2H3/t20-,21+,24-,26+/m0/s1. The van der Waals surface area contributed by atoms with E-state index < -0.39 is 0 Å². The number of hydrogen-bond acceptors (Lipinski definition) is 5. The van der Waals surface area contributed by atoms with E-state index in [2.05, 4.69) is 47.1 Å². The fourth-order valence-corrected chi connectivity index (χ4v) is 6.03. The zero-order valence-electron chi connectivity index (χ0n) is 18.5. The Morgan fingerprint density at radius 3 is 2.52 bits per heavy atom. The lowest BCUT2D eigenvalue weighted by molar-refractivity contribution is -0.144. The second-order valence-electron chi connectivity index (χ2n) is 9.88. The predicted octanol–water partition coefficient (Wildman–Crippen LogP) is 3.22. The van der Waals surface area contributed by atoms with Gasteiger partial charge in [0.2, 0.25) is 0 Å². The normalized spacial score (nSPS) is 33.9. The van der Waals surface area contributed by atoms with Crippen LogP contribution in [0.5, 0.6) is 0 Å². The minimum absolute atomic E-state index is 0.0576. The van der Waals surface area contributed by atoms with Crippen molar-refractivity contribution >= 4 is 11.8 Å². The van der Waals surface area contributed by atoms with Crippen molar-refractivity contribution in [1.82, 2.24) is 9.80 Å². The maximum atomic E-state index is 12.9. The molecule has 0 amide bonds. The van der Waals surface area contributed by atoms with Gasteiger partial charge in [-0.15, -0.1) is 0 Å². The lowest BCUT2D eigenvalue weighted by Crippen LogP contribution is -2.49. The van der Waals surface area contributed by atoms with Gasteiger partial charge < -0.3 is 4.74 Å². The Morgan fingerprint density at radius 1 is 1.06 bits per heavy atom. The summed E-state index contributed by atoms with van der Waals surface area (Å²) in [4.78, 5) is 30.1. The Bertz CT molecular complexity index is 929. The molecule has 1 aromatic carbocycles. The summed E-state index contributed by atoms with van der Waals surface area (Å²) in [5.41, 5.74) is 3.03. The number of piperazine rings is 1. The Hall–Kier alpha value is -2.24. The summed E-state index contributed by atoms with van der Waals surface area (Å²) in [7, 11) is 0. The van der Waals surface area contributed by atoms with Crippen molar-refractivity contribution in [3.05, 3.63) is 59.2 Å². The number of ether oxygens (including phenoxy) is 1. The van der Waals surface area contributed by atoms with Crippen LogP contribution in [0.3, 0.4) is 0 Å². The van der Waals surface area contributed by atoms with Crippen molar-refractivity contribution in [2.24, 2.45) is 17.3 Å². The van der Waals surface area contributed by atoms with Gasteiger partial charge in [0.1, 0.15) is 6.10 Å². The smallest absolute Gasteiger partial charge is 0.311 e. The fourth-order valence-electron chi connectivity index (χ4n) is 6.03. The van der Waals surface area contributed by atoms with Gasteiger partial charge >= 0.3 is 5.97 Å². The molecule has 2 aliphatic carbocycles. The Labute approximate surface area is 184 Å². The number of hydrogen-bond donors (Lipinski definition) is 0. The third-order valence-electron chi connectivity index (χ3n) is 7.89. The van der Waals surface area contributed by atoms with E-state index in [9.17, 15) is 9.59 Å². The van der Waals surface area contributed by atoms with Crippen molar-refractivity contribution in [1.29, 1.82) is 0 Å². The minimum atomic E-state index is -0.232. The van der Waals surface area contributed by atoms with E-state index in [-0.39, 0.29) is 35.1 Å². The van der Waals surface area contributed by atoms with Gasteiger partial charge in [-0.2, -0.15) is 0 Å². The van der Waals surface area contributed by atoms with E-state index in [1.807, 2.05) is 13.0 Å². The molecule has 0 unspecified atom stereocenters. The van der Waals surface area contributed by atoms with Crippen molar-refractivity contribution in [3.8, 4) is 0 Å². The number of allylic oxidation sites excluding steroid dienone is 3. The molecule has 1 saturated carbocycles. The summed E-state index contributed by atoms with van der Waals surface area (Å²) in [6.45, 7) is 9.83.